The standard InChI is InChI=1S/C49H64F3N7O10S/c50-38-6-7-40(51)39(28-38)42-33-57(31-35-4-2-1-3-5-35)49(56-42)48(36-11-17-65-18-12-36)59(32-37-29-53-30-41(37)52)47(64)34-70-27-15-55-44(61)13-19-66-21-23-68-25-26-69-24-22-67-20-14-54-43(60)10-16-58-45(62)8-9-46(58)63/h1-9,28,33,36-37,41,48,53H,10-27,29-32,34H2,(H,54,60)(H,55,61)/t37-,41-,48+/m0/s1. The minimum Gasteiger partial charge on any atom is -0.381 e. The Labute approximate surface area is 410 Å². The van der Waals surface area contributed by atoms with Crippen molar-refractivity contribution in [1.82, 2.24) is 35.3 Å². The van der Waals surface area contributed by atoms with Gasteiger partial charge in [0.15, 0.2) is 0 Å². The van der Waals surface area contributed by atoms with Crippen LogP contribution in [0.1, 0.15) is 43.1 Å². The lowest BCUT2D eigenvalue weighted by atomic mass is 9.88. The molecule has 6 rings (SSSR count). The first-order chi connectivity index (χ1) is 34.1. The van der Waals surface area contributed by atoms with Gasteiger partial charge in [0.2, 0.25) is 17.7 Å². The van der Waals surface area contributed by atoms with Crippen molar-refractivity contribution in [1.29, 1.82) is 0 Å². The number of thioether (sulfide) groups is 1. The summed E-state index contributed by atoms with van der Waals surface area (Å²) in [5, 5.41) is 8.65. The first-order valence-corrected chi connectivity index (χ1v) is 25.0. The molecule has 2 fully saturated rings. The normalized spacial score (nSPS) is 17.6. The molecule has 5 amide bonds. The van der Waals surface area contributed by atoms with E-state index in [2.05, 4.69) is 16.0 Å². The van der Waals surface area contributed by atoms with Gasteiger partial charge in [-0.05, 0) is 42.5 Å². The summed E-state index contributed by atoms with van der Waals surface area (Å²) in [5.41, 5.74) is 1.18. The molecule has 3 atom stereocenters. The molecule has 0 aliphatic carbocycles. The molecule has 0 unspecified atom stereocenters. The molecule has 0 spiro atoms. The van der Waals surface area contributed by atoms with Crippen LogP contribution in [0.15, 0.2) is 66.9 Å². The van der Waals surface area contributed by atoms with Crippen LogP contribution in [0.4, 0.5) is 13.2 Å². The molecule has 21 heteroatoms. The Kier molecular flexibility index (Phi) is 22.6. The van der Waals surface area contributed by atoms with E-state index >= 15 is 8.78 Å². The lowest BCUT2D eigenvalue weighted by Gasteiger charge is -2.40. The molecular formula is C49H64F3N7O10S. The Balaban J connectivity index is 0.893. The fraction of sp³-hybridized carbons (Fsp3) is 0.551. The third-order valence-corrected chi connectivity index (χ3v) is 12.9. The smallest absolute Gasteiger partial charge is 0.253 e. The van der Waals surface area contributed by atoms with Gasteiger partial charge in [0.25, 0.3) is 11.8 Å². The Morgan fingerprint density at radius 2 is 1.50 bits per heavy atom. The predicted molar refractivity (Wildman–Crippen MR) is 254 cm³/mol. The number of hydrogen-bond donors (Lipinski definition) is 3. The third-order valence-electron chi connectivity index (χ3n) is 11.9. The summed E-state index contributed by atoms with van der Waals surface area (Å²) in [6, 6.07) is 12.3. The van der Waals surface area contributed by atoms with Crippen molar-refractivity contribution in [3.8, 4) is 11.3 Å². The van der Waals surface area contributed by atoms with E-state index in [1.54, 1.807) is 11.1 Å². The van der Waals surface area contributed by atoms with E-state index < -0.39 is 41.6 Å². The maximum atomic E-state index is 15.3. The molecule has 0 saturated carbocycles. The second kappa shape index (κ2) is 29.2. The summed E-state index contributed by atoms with van der Waals surface area (Å²) in [7, 11) is 0. The monoisotopic (exact) mass is 999 g/mol. The Bertz CT molecular complexity index is 2170. The zero-order valence-electron chi connectivity index (χ0n) is 39.3. The summed E-state index contributed by atoms with van der Waals surface area (Å²) < 4.78 is 74.7. The maximum absolute atomic E-state index is 15.3. The van der Waals surface area contributed by atoms with Crippen LogP contribution in [0, 0.1) is 23.5 Å². The number of nitrogens with zero attached hydrogens (tertiary/aromatic N) is 4. The van der Waals surface area contributed by atoms with Gasteiger partial charge in [-0.25, -0.2) is 18.2 Å². The van der Waals surface area contributed by atoms with Gasteiger partial charge in [-0.2, -0.15) is 11.8 Å². The highest BCUT2D eigenvalue weighted by Crippen LogP contribution is 2.38. The number of aromatic nitrogens is 2. The Morgan fingerprint density at radius 1 is 0.843 bits per heavy atom. The number of imide groups is 1. The van der Waals surface area contributed by atoms with Gasteiger partial charge in [-0.15, -0.1) is 0 Å². The van der Waals surface area contributed by atoms with Crippen LogP contribution in [0.3, 0.4) is 0 Å². The molecular weight excluding hydrogens is 936 g/mol. The fourth-order valence-electron chi connectivity index (χ4n) is 8.27. The van der Waals surface area contributed by atoms with Crippen LogP contribution in [0.25, 0.3) is 11.3 Å². The third kappa shape index (κ3) is 17.3. The highest BCUT2D eigenvalue weighted by Gasteiger charge is 2.40. The molecule has 2 saturated heterocycles. The van der Waals surface area contributed by atoms with Gasteiger partial charge in [0.1, 0.15) is 23.6 Å². The molecule has 17 nitrogen and oxygen atoms in total. The van der Waals surface area contributed by atoms with Gasteiger partial charge in [-0.1, -0.05) is 30.3 Å². The summed E-state index contributed by atoms with van der Waals surface area (Å²) in [4.78, 5) is 69.8. The highest BCUT2D eigenvalue weighted by molar-refractivity contribution is 7.99. The number of imidazole rings is 1. The van der Waals surface area contributed by atoms with Crippen LogP contribution in [-0.4, -0.2) is 172 Å². The highest BCUT2D eigenvalue weighted by atomic mass is 32.2. The van der Waals surface area contributed by atoms with E-state index in [1.807, 2.05) is 34.9 Å². The largest absolute Gasteiger partial charge is 0.381 e. The van der Waals surface area contributed by atoms with Crippen LogP contribution in [0.5, 0.6) is 0 Å². The molecule has 3 aromatic rings. The van der Waals surface area contributed by atoms with Crippen LogP contribution >= 0.6 is 11.8 Å². The number of halogens is 3. The summed E-state index contributed by atoms with van der Waals surface area (Å²) in [6.45, 7) is 5.10. The van der Waals surface area contributed by atoms with E-state index in [4.69, 9.17) is 28.7 Å². The molecule has 4 heterocycles. The molecule has 0 radical (unpaired) electrons. The lowest BCUT2D eigenvalue weighted by Crippen LogP contribution is -2.46. The van der Waals surface area contributed by atoms with E-state index in [9.17, 15) is 28.4 Å². The van der Waals surface area contributed by atoms with E-state index in [-0.39, 0.29) is 92.9 Å². The van der Waals surface area contributed by atoms with Crippen molar-refractivity contribution in [2.75, 3.05) is 117 Å². The molecule has 382 valence electrons. The van der Waals surface area contributed by atoms with Crippen molar-refractivity contribution in [3.05, 3.63) is 89.9 Å². The topological polar surface area (TPSA) is 192 Å². The Hall–Kier alpha value is -5.16. The molecule has 2 aromatic carbocycles. The molecule has 0 bridgehead atoms. The van der Waals surface area contributed by atoms with Gasteiger partial charge in [-0.3, -0.25) is 28.9 Å². The van der Waals surface area contributed by atoms with E-state index in [0.717, 1.165) is 28.7 Å². The number of carbonyl (C=O) groups is 5. The SMILES string of the molecule is O=C(CCOCCOCCOCCOCCNC(=O)CCN1C(=O)C=CC1=O)NCCSCC(=O)N(C[C@@H]1CNC[C@@H]1F)[C@@H](c1nc(-c2cc(F)ccc2F)cn1Cc1ccccc1)C1CCOCC1. The van der Waals surface area contributed by atoms with Crippen molar-refractivity contribution in [2.24, 2.45) is 11.8 Å². The molecule has 3 N–H and O–H groups in total. The number of benzene rings is 2. The summed E-state index contributed by atoms with van der Waals surface area (Å²) >= 11 is 1.36. The van der Waals surface area contributed by atoms with Gasteiger partial charge >= 0.3 is 0 Å². The van der Waals surface area contributed by atoms with Crippen LogP contribution in [-0.2, 0) is 54.2 Å². The predicted octanol–water partition coefficient (Wildman–Crippen LogP) is 3.47. The number of carbonyl (C=O) groups excluding carboxylic acids is 5. The van der Waals surface area contributed by atoms with Gasteiger partial charge in [0, 0.05) is 107 Å². The number of nitrogens with one attached hydrogen (secondary N) is 3. The first kappa shape index (κ1) is 54.2. The number of amides is 5. The van der Waals surface area contributed by atoms with Crippen molar-refractivity contribution in [3.63, 3.8) is 0 Å². The quantitative estimate of drug-likeness (QED) is 0.0628. The summed E-state index contributed by atoms with van der Waals surface area (Å²) in [6.07, 6.45) is 4.29. The fourth-order valence-corrected chi connectivity index (χ4v) is 9.00. The van der Waals surface area contributed by atoms with Gasteiger partial charge < -0.3 is 49.1 Å². The lowest BCUT2D eigenvalue weighted by molar-refractivity contribution is -0.137. The van der Waals surface area contributed by atoms with Gasteiger partial charge in [0.05, 0.1) is 70.3 Å². The minimum absolute atomic E-state index is 0.00202. The Morgan fingerprint density at radius 3 is 2.19 bits per heavy atom. The zero-order chi connectivity index (χ0) is 49.5. The zero-order valence-corrected chi connectivity index (χ0v) is 40.2. The molecule has 3 aliphatic heterocycles. The van der Waals surface area contributed by atoms with Crippen LogP contribution in [0.2, 0.25) is 0 Å². The van der Waals surface area contributed by atoms with E-state index in [1.165, 1.54) is 23.9 Å². The van der Waals surface area contributed by atoms with Crippen molar-refractivity contribution >= 4 is 41.3 Å². The molecule has 70 heavy (non-hydrogen) atoms. The molecule has 3 aliphatic rings. The number of rotatable bonds is 31. The average Bonchev–Trinajstić information content (AvgIpc) is 4.06. The van der Waals surface area contributed by atoms with E-state index in [0.29, 0.717) is 96.9 Å². The minimum atomic E-state index is -1.16. The molecule has 1 aromatic heterocycles. The number of ether oxygens (including phenoxy) is 5. The first-order valence-electron chi connectivity index (χ1n) is 23.8. The average molecular weight is 1000 g/mol. The second-order valence-corrected chi connectivity index (χ2v) is 18.1. The summed E-state index contributed by atoms with van der Waals surface area (Å²) in [5.74, 6) is -2.33. The van der Waals surface area contributed by atoms with Crippen LogP contribution < -0.4 is 16.0 Å². The number of alkyl halides is 1. The maximum Gasteiger partial charge on any atom is 0.253 e. The second-order valence-electron chi connectivity index (χ2n) is 17.0. The number of hydrogen-bond acceptors (Lipinski definition) is 13. The van der Waals surface area contributed by atoms with Crippen molar-refractivity contribution < 1.29 is 60.8 Å². The van der Waals surface area contributed by atoms with Crippen molar-refractivity contribution in [2.45, 2.75) is 44.4 Å².